The Kier molecular flexibility index (Phi) is 5.54. The summed E-state index contributed by atoms with van der Waals surface area (Å²) in [5.74, 6) is -0.437. The summed E-state index contributed by atoms with van der Waals surface area (Å²) in [4.78, 5) is 39.3. The van der Waals surface area contributed by atoms with Gasteiger partial charge in [-0.05, 0) is 30.3 Å². The lowest BCUT2D eigenvalue weighted by molar-refractivity contribution is -0.117. The Morgan fingerprint density at radius 2 is 1.86 bits per heavy atom. The number of rotatable bonds is 4. The molecule has 6 rings (SSSR count). The summed E-state index contributed by atoms with van der Waals surface area (Å²) in [6.45, 7) is 3.39. The Morgan fingerprint density at radius 1 is 1.00 bits per heavy atom. The van der Waals surface area contributed by atoms with Crippen LogP contribution in [0.1, 0.15) is 16.2 Å². The second-order valence-corrected chi connectivity index (χ2v) is 9.69. The Hall–Kier alpha value is -3.63. The molecule has 2 saturated heterocycles. The summed E-state index contributed by atoms with van der Waals surface area (Å²) in [5.41, 5.74) is 2.50. The van der Waals surface area contributed by atoms with Crippen LogP contribution < -0.4 is 4.90 Å². The number of benzene rings is 1. The summed E-state index contributed by atoms with van der Waals surface area (Å²) < 4.78 is 15.5. The number of hydrogen-bond donors (Lipinski definition) is 0. The van der Waals surface area contributed by atoms with Crippen LogP contribution in [0.2, 0.25) is 0 Å². The molecule has 0 radical (unpaired) electrons. The van der Waals surface area contributed by atoms with Gasteiger partial charge in [-0.25, -0.2) is 9.97 Å². The quantitative estimate of drug-likeness (QED) is 0.411. The fraction of sp³-hybridized carbons (Fsp3) is 0.280. The SMILES string of the molecule is O=C(c1nccs1)N1CCN([C@@H]2CC(=O)N(c3ccc4c(ccn4-c4ccnc(F)c4)c3)C2)CC1. The van der Waals surface area contributed by atoms with Crippen molar-refractivity contribution in [3.8, 4) is 5.69 Å². The van der Waals surface area contributed by atoms with Crippen molar-refractivity contribution in [3.63, 3.8) is 0 Å². The highest BCUT2D eigenvalue weighted by Gasteiger charge is 2.36. The minimum atomic E-state index is -0.525. The van der Waals surface area contributed by atoms with Crippen LogP contribution in [0.25, 0.3) is 16.6 Å². The van der Waals surface area contributed by atoms with E-state index in [1.165, 1.54) is 23.6 Å². The van der Waals surface area contributed by atoms with Gasteiger partial charge in [-0.3, -0.25) is 14.5 Å². The predicted molar refractivity (Wildman–Crippen MR) is 131 cm³/mol. The maximum atomic E-state index is 13.6. The zero-order valence-corrected chi connectivity index (χ0v) is 19.7. The van der Waals surface area contributed by atoms with Gasteiger partial charge in [0.25, 0.3) is 5.91 Å². The Balaban J connectivity index is 1.14. The summed E-state index contributed by atoms with van der Waals surface area (Å²) in [5, 5.41) is 3.32. The number of amides is 2. The number of fused-ring (bicyclic) bond motifs is 1. The molecule has 2 aliphatic rings. The number of thiazole rings is 1. The highest BCUT2D eigenvalue weighted by atomic mass is 32.1. The molecule has 3 aromatic heterocycles. The van der Waals surface area contributed by atoms with E-state index in [-0.39, 0.29) is 17.9 Å². The molecule has 1 atom stereocenters. The average Bonchev–Trinajstić information content (AvgIpc) is 3.63. The molecule has 5 heterocycles. The van der Waals surface area contributed by atoms with Crippen molar-refractivity contribution in [3.05, 3.63) is 71.3 Å². The third-order valence-corrected chi connectivity index (χ3v) is 7.57. The molecule has 2 fully saturated rings. The topological polar surface area (TPSA) is 74.6 Å². The van der Waals surface area contributed by atoms with E-state index in [0.29, 0.717) is 36.8 Å². The van der Waals surface area contributed by atoms with Crippen molar-refractivity contribution >= 4 is 39.7 Å². The Labute approximate surface area is 205 Å². The minimum absolute atomic E-state index is 0.0153. The largest absolute Gasteiger partial charge is 0.334 e. The second kappa shape index (κ2) is 8.86. The van der Waals surface area contributed by atoms with E-state index in [0.717, 1.165) is 29.7 Å². The van der Waals surface area contributed by atoms with E-state index in [4.69, 9.17) is 0 Å². The Bertz CT molecular complexity index is 1400. The molecule has 0 bridgehead atoms. The summed E-state index contributed by atoms with van der Waals surface area (Å²) in [6, 6.07) is 11.2. The molecular weight excluding hydrogens is 467 g/mol. The van der Waals surface area contributed by atoms with E-state index in [9.17, 15) is 14.0 Å². The molecule has 0 spiro atoms. The Morgan fingerprint density at radius 3 is 2.63 bits per heavy atom. The number of halogens is 1. The van der Waals surface area contributed by atoms with E-state index in [2.05, 4.69) is 14.9 Å². The lowest BCUT2D eigenvalue weighted by Gasteiger charge is -2.37. The summed E-state index contributed by atoms with van der Waals surface area (Å²) in [7, 11) is 0. The first-order valence-electron chi connectivity index (χ1n) is 11.5. The number of pyridine rings is 1. The molecule has 10 heteroatoms. The average molecular weight is 491 g/mol. The zero-order chi connectivity index (χ0) is 23.9. The highest BCUT2D eigenvalue weighted by Crippen LogP contribution is 2.30. The molecule has 0 saturated carbocycles. The van der Waals surface area contributed by atoms with Crippen LogP contribution in [0.15, 0.2) is 60.4 Å². The number of piperazine rings is 1. The van der Waals surface area contributed by atoms with Crippen molar-refractivity contribution < 1.29 is 14.0 Å². The first-order valence-corrected chi connectivity index (χ1v) is 12.4. The van der Waals surface area contributed by atoms with Gasteiger partial charge < -0.3 is 14.4 Å². The molecule has 0 N–H and O–H groups in total. The third-order valence-electron chi connectivity index (χ3n) is 6.81. The molecule has 0 unspecified atom stereocenters. The van der Waals surface area contributed by atoms with Gasteiger partial charge in [-0.2, -0.15) is 4.39 Å². The van der Waals surface area contributed by atoms with E-state index >= 15 is 0 Å². The lowest BCUT2D eigenvalue weighted by atomic mass is 10.2. The van der Waals surface area contributed by atoms with E-state index < -0.39 is 5.95 Å². The number of nitrogens with zero attached hydrogens (tertiary/aromatic N) is 6. The van der Waals surface area contributed by atoms with Gasteiger partial charge in [0.1, 0.15) is 0 Å². The first-order chi connectivity index (χ1) is 17.1. The van der Waals surface area contributed by atoms with Gasteiger partial charge in [-0.15, -0.1) is 11.3 Å². The molecule has 0 aliphatic carbocycles. The molecular formula is C25H23FN6O2S. The fourth-order valence-electron chi connectivity index (χ4n) is 5.00. The van der Waals surface area contributed by atoms with Crippen LogP contribution in [0.4, 0.5) is 10.1 Å². The van der Waals surface area contributed by atoms with Crippen LogP contribution in [-0.2, 0) is 4.79 Å². The molecule has 4 aromatic rings. The second-order valence-electron chi connectivity index (χ2n) is 8.79. The standard InChI is InChI=1S/C25H23FN6O2S/c26-22-14-19(3-5-27-22)31-7-4-17-13-18(1-2-21(17)31)32-16-20(15-23(32)33)29-8-10-30(11-9-29)25(34)24-28-6-12-35-24/h1-7,12-14,20H,8-11,15-16H2/t20-/m1/s1. The van der Waals surface area contributed by atoms with Gasteiger partial charge in [0, 0.05) is 86.3 Å². The maximum absolute atomic E-state index is 13.6. The van der Waals surface area contributed by atoms with Gasteiger partial charge >= 0.3 is 0 Å². The smallest absolute Gasteiger partial charge is 0.282 e. The van der Waals surface area contributed by atoms with Crippen molar-refractivity contribution in [1.29, 1.82) is 0 Å². The van der Waals surface area contributed by atoms with Gasteiger partial charge in [0.05, 0.1) is 11.2 Å². The van der Waals surface area contributed by atoms with Crippen molar-refractivity contribution in [2.24, 2.45) is 0 Å². The van der Waals surface area contributed by atoms with E-state index in [1.807, 2.05) is 50.2 Å². The zero-order valence-electron chi connectivity index (χ0n) is 18.9. The van der Waals surface area contributed by atoms with Gasteiger partial charge in [0.2, 0.25) is 11.9 Å². The van der Waals surface area contributed by atoms with Gasteiger partial charge in [-0.1, -0.05) is 0 Å². The van der Waals surface area contributed by atoms with Crippen LogP contribution in [0, 0.1) is 5.95 Å². The molecule has 2 amide bonds. The molecule has 35 heavy (non-hydrogen) atoms. The minimum Gasteiger partial charge on any atom is -0.334 e. The maximum Gasteiger partial charge on any atom is 0.282 e. The van der Waals surface area contributed by atoms with Crippen LogP contribution in [-0.4, -0.2) is 74.9 Å². The van der Waals surface area contributed by atoms with Crippen LogP contribution >= 0.6 is 11.3 Å². The number of carbonyl (C=O) groups excluding carboxylic acids is 2. The number of carbonyl (C=O) groups is 2. The molecule has 8 nitrogen and oxygen atoms in total. The summed E-state index contributed by atoms with van der Waals surface area (Å²) in [6.07, 6.45) is 5.46. The highest BCUT2D eigenvalue weighted by molar-refractivity contribution is 7.11. The van der Waals surface area contributed by atoms with E-state index in [1.54, 1.807) is 12.3 Å². The van der Waals surface area contributed by atoms with Gasteiger partial charge in [0.15, 0.2) is 5.01 Å². The number of aromatic nitrogens is 3. The van der Waals surface area contributed by atoms with Crippen LogP contribution in [0.5, 0.6) is 0 Å². The number of hydrogen-bond acceptors (Lipinski definition) is 6. The molecule has 2 aliphatic heterocycles. The number of anilines is 1. The van der Waals surface area contributed by atoms with Crippen molar-refractivity contribution in [2.75, 3.05) is 37.6 Å². The monoisotopic (exact) mass is 490 g/mol. The summed E-state index contributed by atoms with van der Waals surface area (Å²) >= 11 is 1.36. The predicted octanol–water partition coefficient (Wildman–Crippen LogP) is 3.18. The normalized spacial score (nSPS) is 19.1. The third kappa shape index (κ3) is 4.08. The lowest BCUT2D eigenvalue weighted by Crippen LogP contribution is -2.52. The molecule has 178 valence electrons. The molecule has 1 aromatic carbocycles. The van der Waals surface area contributed by atoms with Crippen molar-refractivity contribution in [1.82, 2.24) is 24.3 Å². The first kappa shape index (κ1) is 21.9. The van der Waals surface area contributed by atoms with Crippen molar-refractivity contribution in [2.45, 2.75) is 12.5 Å². The van der Waals surface area contributed by atoms with Crippen LogP contribution in [0.3, 0.4) is 0 Å². The fourth-order valence-corrected chi connectivity index (χ4v) is 5.60.